The van der Waals surface area contributed by atoms with Crippen LogP contribution in [0.2, 0.25) is 0 Å². The minimum absolute atomic E-state index is 0.0651. The van der Waals surface area contributed by atoms with Gasteiger partial charge in [0.1, 0.15) is 23.4 Å². The number of nitrogens with zero attached hydrogens (tertiary/aromatic N) is 4. The molecule has 7 amide bonds. The van der Waals surface area contributed by atoms with Gasteiger partial charge in [-0.1, -0.05) is 12.1 Å². The molecule has 1 spiro atoms. The van der Waals surface area contributed by atoms with Gasteiger partial charge in [-0.3, -0.25) is 43.8 Å². The van der Waals surface area contributed by atoms with E-state index < -0.39 is 58.7 Å². The van der Waals surface area contributed by atoms with E-state index >= 15 is 0 Å². The van der Waals surface area contributed by atoms with E-state index in [-0.39, 0.29) is 54.8 Å². The molecule has 0 bridgehead atoms. The van der Waals surface area contributed by atoms with Gasteiger partial charge in [-0.05, 0) is 117 Å². The molecule has 4 fully saturated rings. The third-order valence-corrected chi connectivity index (χ3v) is 14.8. The molecule has 6 heterocycles. The van der Waals surface area contributed by atoms with Gasteiger partial charge in [-0.2, -0.15) is 0 Å². The topological polar surface area (TPSA) is 220 Å². The standard InChI is InChI=1S/C52H59F2N7O11/c53-36-27-33(28-37(54)31-36)32-55-49(67)52(69)14-19-60(50(52)68)38-6-7-40-35(29-38)30-41(56-40)47(65)59-17-12-51(13-18-59)10-15-58(16-11-51)20-22-71-24-26-72-25-23-70-21-2-4-34-3-1-5-39-44(34)48(66)61(46(39)64)42-8-9-43(62)57-45(42)63/h1,3,5-7,27-31,42,56,69H,2,4,8-26,32H2,(H,55,67)(H,57,62,63). The number of hydrogen-bond acceptors (Lipinski definition) is 12. The maximum absolute atomic E-state index is 13.7. The second kappa shape index (κ2) is 21.7. The number of aliphatic hydroxyl groups is 1. The monoisotopic (exact) mass is 995 g/mol. The molecule has 0 saturated carbocycles. The molecule has 9 rings (SSSR count). The molecule has 20 heteroatoms. The number of carbonyl (C=O) groups excluding carboxylic acids is 7. The van der Waals surface area contributed by atoms with Gasteiger partial charge in [-0.15, -0.1) is 0 Å². The predicted octanol–water partition coefficient (Wildman–Crippen LogP) is 3.63. The largest absolute Gasteiger partial charge is 0.379 e. The average Bonchev–Trinajstić information content (AvgIpc) is 4.02. The molecule has 2 unspecified atom stereocenters. The Kier molecular flexibility index (Phi) is 15.2. The van der Waals surface area contributed by atoms with E-state index in [4.69, 9.17) is 14.2 Å². The van der Waals surface area contributed by atoms with E-state index in [0.717, 1.165) is 62.4 Å². The summed E-state index contributed by atoms with van der Waals surface area (Å²) >= 11 is 0. The highest BCUT2D eigenvalue weighted by Crippen LogP contribution is 2.42. The lowest BCUT2D eigenvalue weighted by Gasteiger charge is -2.46. The van der Waals surface area contributed by atoms with Crippen molar-refractivity contribution >= 4 is 57.9 Å². The number of H-pyrrole nitrogens is 1. The first kappa shape index (κ1) is 50.5. The number of carbonyl (C=O) groups is 7. The first-order chi connectivity index (χ1) is 34.7. The van der Waals surface area contributed by atoms with Crippen LogP contribution in [-0.2, 0) is 46.4 Å². The molecule has 4 N–H and O–H groups in total. The lowest BCUT2D eigenvalue weighted by molar-refractivity contribution is -0.149. The summed E-state index contributed by atoms with van der Waals surface area (Å²) in [5.74, 6) is -5.56. The number of aryl methyl sites for hydroxylation is 1. The Bertz CT molecular complexity index is 2730. The number of aromatic nitrogens is 1. The quantitative estimate of drug-likeness (QED) is 0.0602. The summed E-state index contributed by atoms with van der Waals surface area (Å²) in [6, 6.07) is 13.9. The Morgan fingerprint density at radius 3 is 2.19 bits per heavy atom. The Labute approximate surface area is 414 Å². The van der Waals surface area contributed by atoms with Crippen LogP contribution in [0.15, 0.2) is 60.7 Å². The first-order valence-electron chi connectivity index (χ1n) is 24.7. The number of anilines is 1. The van der Waals surface area contributed by atoms with Crippen molar-refractivity contribution in [1.82, 2.24) is 30.3 Å². The maximum Gasteiger partial charge on any atom is 0.270 e. The zero-order chi connectivity index (χ0) is 50.6. The number of fused-ring (bicyclic) bond motifs is 2. The molecule has 2 atom stereocenters. The van der Waals surface area contributed by atoms with E-state index in [2.05, 4.69) is 20.5 Å². The van der Waals surface area contributed by atoms with E-state index in [0.29, 0.717) is 105 Å². The Morgan fingerprint density at radius 1 is 0.778 bits per heavy atom. The predicted molar refractivity (Wildman–Crippen MR) is 256 cm³/mol. The van der Waals surface area contributed by atoms with Crippen LogP contribution in [0, 0.1) is 17.0 Å². The summed E-state index contributed by atoms with van der Waals surface area (Å²) in [6.07, 6.45) is 5.09. The second-order valence-corrected chi connectivity index (χ2v) is 19.3. The van der Waals surface area contributed by atoms with Crippen molar-refractivity contribution in [3.8, 4) is 0 Å². The van der Waals surface area contributed by atoms with Crippen LogP contribution in [0.5, 0.6) is 0 Å². The van der Waals surface area contributed by atoms with E-state index in [1.54, 1.807) is 42.5 Å². The summed E-state index contributed by atoms with van der Waals surface area (Å²) in [7, 11) is 0. The highest BCUT2D eigenvalue weighted by Gasteiger charge is 2.52. The van der Waals surface area contributed by atoms with Crippen molar-refractivity contribution in [2.75, 3.05) is 83.8 Å². The summed E-state index contributed by atoms with van der Waals surface area (Å²) < 4.78 is 44.5. The molecule has 382 valence electrons. The summed E-state index contributed by atoms with van der Waals surface area (Å²) in [4.78, 5) is 100. The normalized spacial score (nSPS) is 21.3. The van der Waals surface area contributed by atoms with Crippen molar-refractivity contribution in [2.45, 2.75) is 76.0 Å². The van der Waals surface area contributed by atoms with Gasteiger partial charge in [0.25, 0.3) is 29.5 Å². The van der Waals surface area contributed by atoms with Gasteiger partial charge in [-0.25, -0.2) is 8.78 Å². The lowest BCUT2D eigenvalue weighted by Crippen LogP contribution is -2.54. The number of amides is 7. The zero-order valence-electron chi connectivity index (χ0n) is 40.0. The third kappa shape index (κ3) is 10.8. The van der Waals surface area contributed by atoms with E-state index in [1.807, 2.05) is 4.90 Å². The number of rotatable bonds is 19. The van der Waals surface area contributed by atoms with Crippen LogP contribution < -0.4 is 15.5 Å². The average molecular weight is 996 g/mol. The molecular formula is C52H59F2N7O11. The number of nitrogens with one attached hydrogen (secondary N) is 3. The molecule has 5 aliphatic heterocycles. The number of benzene rings is 3. The van der Waals surface area contributed by atoms with Crippen molar-refractivity contribution < 1.29 is 61.7 Å². The summed E-state index contributed by atoms with van der Waals surface area (Å²) in [5, 5.41) is 16.4. The smallest absolute Gasteiger partial charge is 0.270 e. The molecule has 3 aromatic carbocycles. The molecule has 0 aliphatic carbocycles. The molecule has 5 aliphatic rings. The number of piperidine rings is 3. The van der Waals surface area contributed by atoms with Gasteiger partial charge < -0.3 is 44.3 Å². The van der Waals surface area contributed by atoms with Crippen LogP contribution in [-0.4, -0.2) is 157 Å². The SMILES string of the molecule is O=C1CCC(N2C(=O)c3cccc(CCCOCCOCCOCCN4CCC5(CC4)CCN(C(=O)c4cc6cc(N7CCC(O)(C(=O)NCc8cc(F)cc(F)c8)C7=O)ccc6[nH]4)CC5)c3C2=O)C(=O)N1. The minimum Gasteiger partial charge on any atom is -0.379 e. The number of likely N-dealkylation sites (tertiary alicyclic amines) is 2. The van der Waals surface area contributed by atoms with Crippen LogP contribution in [0.3, 0.4) is 0 Å². The van der Waals surface area contributed by atoms with Gasteiger partial charge in [0.05, 0.1) is 44.2 Å². The summed E-state index contributed by atoms with van der Waals surface area (Å²) in [5.41, 5.74) is 0.884. The number of ether oxygens (including phenoxy) is 3. The third-order valence-electron chi connectivity index (χ3n) is 14.8. The zero-order valence-corrected chi connectivity index (χ0v) is 40.0. The molecule has 1 aromatic heterocycles. The fraction of sp³-hybridized carbons (Fsp3) is 0.481. The number of halogens is 2. The van der Waals surface area contributed by atoms with E-state index in [9.17, 15) is 47.4 Å². The molecule has 72 heavy (non-hydrogen) atoms. The fourth-order valence-corrected chi connectivity index (χ4v) is 10.6. The van der Waals surface area contributed by atoms with Gasteiger partial charge in [0, 0.05) is 74.8 Å². The molecule has 4 saturated heterocycles. The van der Waals surface area contributed by atoms with Crippen molar-refractivity contribution in [1.29, 1.82) is 0 Å². The Balaban J connectivity index is 0.626. The van der Waals surface area contributed by atoms with E-state index in [1.165, 1.54) is 4.90 Å². The van der Waals surface area contributed by atoms with Crippen LogP contribution >= 0.6 is 0 Å². The minimum atomic E-state index is -2.35. The highest BCUT2D eigenvalue weighted by atomic mass is 19.1. The lowest BCUT2D eigenvalue weighted by atomic mass is 9.71. The first-order valence-corrected chi connectivity index (χ1v) is 24.7. The molecule has 18 nitrogen and oxygen atoms in total. The molecule has 0 radical (unpaired) electrons. The Morgan fingerprint density at radius 2 is 1.47 bits per heavy atom. The fourth-order valence-electron chi connectivity index (χ4n) is 10.6. The van der Waals surface area contributed by atoms with Gasteiger partial charge in [0.2, 0.25) is 17.4 Å². The summed E-state index contributed by atoms with van der Waals surface area (Å²) in [6.45, 7) is 6.61. The number of aromatic amines is 1. The number of hydrogen-bond donors (Lipinski definition) is 4. The highest BCUT2D eigenvalue weighted by molar-refractivity contribution is 6.24. The molecule has 4 aromatic rings. The second-order valence-electron chi connectivity index (χ2n) is 19.3. The Hall–Kier alpha value is -6.45. The van der Waals surface area contributed by atoms with Crippen molar-refractivity contribution in [3.05, 3.63) is 100 Å². The maximum atomic E-state index is 13.7. The van der Waals surface area contributed by atoms with Crippen LogP contribution in [0.1, 0.15) is 93.7 Å². The van der Waals surface area contributed by atoms with Gasteiger partial charge >= 0.3 is 0 Å². The van der Waals surface area contributed by atoms with Crippen molar-refractivity contribution in [3.63, 3.8) is 0 Å². The number of imide groups is 2. The van der Waals surface area contributed by atoms with Crippen LogP contribution in [0.25, 0.3) is 10.9 Å². The molecular weight excluding hydrogens is 937 g/mol. The van der Waals surface area contributed by atoms with Crippen LogP contribution in [0.4, 0.5) is 14.5 Å². The van der Waals surface area contributed by atoms with Gasteiger partial charge in [0.15, 0.2) is 0 Å². The van der Waals surface area contributed by atoms with Crippen molar-refractivity contribution in [2.24, 2.45) is 5.41 Å².